The van der Waals surface area contributed by atoms with Crippen molar-refractivity contribution in [3.63, 3.8) is 0 Å². The SMILES string of the molecule is CC1CCC(CO)(NC(=O)c2ncccc2O)CC1. The van der Waals surface area contributed by atoms with Gasteiger partial charge in [0.1, 0.15) is 5.75 Å². The van der Waals surface area contributed by atoms with Gasteiger partial charge in [-0.2, -0.15) is 0 Å². The number of pyridine rings is 1. The zero-order chi connectivity index (χ0) is 13.9. The Hall–Kier alpha value is -1.62. The zero-order valence-electron chi connectivity index (χ0n) is 11.1. The first-order chi connectivity index (χ1) is 9.06. The average molecular weight is 264 g/mol. The molecule has 1 aromatic rings. The molecule has 1 amide bonds. The Morgan fingerprint density at radius 1 is 1.53 bits per heavy atom. The van der Waals surface area contributed by atoms with Gasteiger partial charge >= 0.3 is 0 Å². The molecule has 0 spiro atoms. The van der Waals surface area contributed by atoms with Crippen LogP contribution in [0, 0.1) is 5.92 Å². The number of aliphatic hydroxyl groups excluding tert-OH is 1. The standard InChI is InChI=1S/C14H20N2O3/c1-10-4-6-14(9-17,7-5-10)16-13(19)12-11(18)3-2-8-15-12/h2-3,8,10,17-18H,4-7,9H2,1H3,(H,16,19). The van der Waals surface area contributed by atoms with Crippen molar-refractivity contribution < 1.29 is 15.0 Å². The molecule has 5 heteroatoms. The molecule has 0 saturated heterocycles. The summed E-state index contributed by atoms with van der Waals surface area (Å²) in [5, 5.41) is 22.1. The Kier molecular flexibility index (Phi) is 4.04. The predicted molar refractivity (Wildman–Crippen MR) is 70.8 cm³/mol. The molecular formula is C14H20N2O3. The number of hydrogen-bond donors (Lipinski definition) is 3. The van der Waals surface area contributed by atoms with Crippen LogP contribution in [-0.4, -0.2) is 33.3 Å². The lowest BCUT2D eigenvalue weighted by molar-refractivity contribution is 0.0710. The molecule has 1 heterocycles. The van der Waals surface area contributed by atoms with Gasteiger partial charge in [-0.05, 0) is 43.7 Å². The van der Waals surface area contributed by atoms with Crippen molar-refractivity contribution >= 4 is 5.91 Å². The fourth-order valence-electron chi connectivity index (χ4n) is 2.51. The minimum Gasteiger partial charge on any atom is -0.505 e. The summed E-state index contributed by atoms with van der Waals surface area (Å²) in [6, 6.07) is 2.99. The van der Waals surface area contributed by atoms with E-state index in [-0.39, 0.29) is 18.1 Å². The van der Waals surface area contributed by atoms with Crippen molar-refractivity contribution in [2.75, 3.05) is 6.61 Å². The number of nitrogens with zero attached hydrogens (tertiary/aromatic N) is 1. The van der Waals surface area contributed by atoms with E-state index in [0.717, 1.165) is 25.7 Å². The number of aromatic hydroxyl groups is 1. The van der Waals surface area contributed by atoms with E-state index >= 15 is 0 Å². The summed E-state index contributed by atoms with van der Waals surface area (Å²) in [5.41, 5.74) is -0.568. The van der Waals surface area contributed by atoms with Gasteiger partial charge in [0.15, 0.2) is 5.69 Å². The molecule has 0 aromatic carbocycles. The number of aromatic nitrogens is 1. The molecule has 2 rings (SSSR count). The maximum Gasteiger partial charge on any atom is 0.274 e. The van der Waals surface area contributed by atoms with Crippen LogP contribution in [0.1, 0.15) is 43.1 Å². The van der Waals surface area contributed by atoms with Gasteiger partial charge in [-0.25, -0.2) is 4.98 Å². The molecule has 0 aliphatic heterocycles. The van der Waals surface area contributed by atoms with E-state index in [0.29, 0.717) is 5.92 Å². The highest BCUT2D eigenvalue weighted by Crippen LogP contribution is 2.32. The average Bonchev–Trinajstić information content (AvgIpc) is 2.42. The van der Waals surface area contributed by atoms with Gasteiger partial charge in [-0.15, -0.1) is 0 Å². The van der Waals surface area contributed by atoms with Crippen LogP contribution in [-0.2, 0) is 0 Å². The minimum atomic E-state index is -0.576. The topological polar surface area (TPSA) is 82.5 Å². The largest absolute Gasteiger partial charge is 0.505 e. The van der Waals surface area contributed by atoms with Crippen LogP contribution in [0.3, 0.4) is 0 Å². The first-order valence-electron chi connectivity index (χ1n) is 6.64. The highest BCUT2D eigenvalue weighted by Gasteiger charge is 2.35. The van der Waals surface area contributed by atoms with Gasteiger partial charge in [-0.1, -0.05) is 6.92 Å². The van der Waals surface area contributed by atoms with Gasteiger partial charge in [0.25, 0.3) is 5.91 Å². The summed E-state index contributed by atoms with van der Waals surface area (Å²) >= 11 is 0. The van der Waals surface area contributed by atoms with Crippen molar-refractivity contribution in [2.45, 2.75) is 38.1 Å². The fourth-order valence-corrected chi connectivity index (χ4v) is 2.51. The molecule has 1 aliphatic carbocycles. The number of amides is 1. The summed E-state index contributed by atoms with van der Waals surface area (Å²) in [4.78, 5) is 16.0. The van der Waals surface area contributed by atoms with E-state index in [9.17, 15) is 15.0 Å². The van der Waals surface area contributed by atoms with Gasteiger partial charge < -0.3 is 15.5 Å². The van der Waals surface area contributed by atoms with Crippen molar-refractivity contribution in [1.29, 1.82) is 0 Å². The van der Waals surface area contributed by atoms with E-state index < -0.39 is 11.4 Å². The summed E-state index contributed by atoms with van der Waals surface area (Å²) in [5.74, 6) is 0.0544. The molecular weight excluding hydrogens is 244 g/mol. The molecule has 0 bridgehead atoms. The summed E-state index contributed by atoms with van der Waals surface area (Å²) in [7, 11) is 0. The Balaban J connectivity index is 2.11. The first kappa shape index (κ1) is 13.8. The van der Waals surface area contributed by atoms with Crippen molar-refractivity contribution in [3.05, 3.63) is 24.0 Å². The smallest absolute Gasteiger partial charge is 0.274 e. The van der Waals surface area contributed by atoms with Crippen LogP contribution < -0.4 is 5.32 Å². The summed E-state index contributed by atoms with van der Waals surface area (Å²) in [6.45, 7) is 2.09. The van der Waals surface area contributed by atoms with Gasteiger partial charge in [-0.3, -0.25) is 4.79 Å². The number of carbonyl (C=O) groups excluding carboxylic acids is 1. The first-order valence-corrected chi connectivity index (χ1v) is 6.64. The van der Waals surface area contributed by atoms with Crippen LogP contribution in [0.2, 0.25) is 0 Å². The summed E-state index contributed by atoms with van der Waals surface area (Å²) in [6.07, 6.45) is 4.93. The molecule has 1 aliphatic rings. The molecule has 1 aromatic heterocycles. The lowest BCUT2D eigenvalue weighted by Gasteiger charge is -2.38. The van der Waals surface area contributed by atoms with Crippen molar-refractivity contribution in [3.8, 4) is 5.75 Å². The van der Waals surface area contributed by atoms with Crippen LogP contribution in [0.4, 0.5) is 0 Å². The van der Waals surface area contributed by atoms with Crippen LogP contribution in [0.5, 0.6) is 5.75 Å². The zero-order valence-corrected chi connectivity index (χ0v) is 11.1. The van der Waals surface area contributed by atoms with Gasteiger partial charge in [0.05, 0.1) is 12.1 Å². The Bertz CT molecular complexity index is 454. The van der Waals surface area contributed by atoms with Crippen LogP contribution in [0.15, 0.2) is 18.3 Å². The fraction of sp³-hybridized carbons (Fsp3) is 0.571. The van der Waals surface area contributed by atoms with E-state index in [1.807, 2.05) is 0 Å². The monoisotopic (exact) mass is 264 g/mol. The molecule has 19 heavy (non-hydrogen) atoms. The minimum absolute atomic E-state index is 0.00828. The van der Waals surface area contributed by atoms with Crippen LogP contribution in [0.25, 0.3) is 0 Å². The van der Waals surface area contributed by atoms with E-state index in [1.54, 1.807) is 6.07 Å². The molecule has 5 nitrogen and oxygen atoms in total. The predicted octanol–water partition coefficient (Wildman–Crippen LogP) is 1.46. The maximum absolute atomic E-state index is 12.1. The van der Waals surface area contributed by atoms with Crippen molar-refractivity contribution in [1.82, 2.24) is 10.3 Å². The third-order valence-electron chi connectivity index (χ3n) is 3.91. The molecule has 1 fully saturated rings. The van der Waals surface area contributed by atoms with Gasteiger partial charge in [0, 0.05) is 6.20 Å². The third kappa shape index (κ3) is 3.04. The summed E-state index contributed by atoms with van der Waals surface area (Å²) < 4.78 is 0. The molecule has 1 saturated carbocycles. The number of hydrogen-bond acceptors (Lipinski definition) is 4. The molecule has 0 unspecified atom stereocenters. The normalized spacial score (nSPS) is 26.9. The number of rotatable bonds is 3. The number of nitrogens with one attached hydrogen (secondary N) is 1. The Morgan fingerprint density at radius 3 is 2.79 bits per heavy atom. The number of carbonyl (C=O) groups is 1. The Labute approximate surface area is 112 Å². The Morgan fingerprint density at radius 2 is 2.21 bits per heavy atom. The number of aliphatic hydroxyl groups is 1. The highest BCUT2D eigenvalue weighted by atomic mass is 16.3. The van der Waals surface area contributed by atoms with E-state index in [2.05, 4.69) is 17.2 Å². The maximum atomic E-state index is 12.1. The highest BCUT2D eigenvalue weighted by molar-refractivity contribution is 5.95. The van der Waals surface area contributed by atoms with Crippen molar-refractivity contribution in [2.24, 2.45) is 5.92 Å². The molecule has 0 radical (unpaired) electrons. The van der Waals surface area contributed by atoms with E-state index in [1.165, 1.54) is 12.3 Å². The second kappa shape index (κ2) is 5.57. The molecule has 3 N–H and O–H groups in total. The second-order valence-corrected chi connectivity index (χ2v) is 5.45. The quantitative estimate of drug-likeness (QED) is 0.772. The molecule has 0 atom stereocenters. The van der Waals surface area contributed by atoms with E-state index in [4.69, 9.17) is 0 Å². The van der Waals surface area contributed by atoms with Gasteiger partial charge in [0.2, 0.25) is 0 Å². The van der Waals surface area contributed by atoms with Crippen LogP contribution >= 0.6 is 0 Å². The lowest BCUT2D eigenvalue weighted by Crippen LogP contribution is -2.53. The third-order valence-corrected chi connectivity index (χ3v) is 3.91. The lowest BCUT2D eigenvalue weighted by atomic mass is 9.77. The second-order valence-electron chi connectivity index (χ2n) is 5.45. The molecule has 104 valence electrons.